The van der Waals surface area contributed by atoms with Gasteiger partial charge in [0.25, 0.3) is 0 Å². The van der Waals surface area contributed by atoms with Crippen LogP contribution in [0.3, 0.4) is 0 Å². The lowest BCUT2D eigenvalue weighted by Gasteiger charge is -2.13. The number of nitrogens with zero attached hydrogens (tertiary/aromatic N) is 4. The van der Waals surface area contributed by atoms with Gasteiger partial charge in [-0.2, -0.15) is 9.36 Å². The minimum absolute atomic E-state index is 0.00115. The van der Waals surface area contributed by atoms with Gasteiger partial charge in [-0.3, -0.25) is 0 Å². The third kappa shape index (κ3) is 3.44. The highest BCUT2D eigenvalue weighted by Crippen LogP contribution is 2.35. The second-order valence-electron chi connectivity index (χ2n) is 5.06. The van der Waals surface area contributed by atoms with E-state index in [1.165, 1.54) is 19.2 Å². The van der Waals surface area contributed by atoms with E-state index >= 15 is 0 Å². The number of phenolic OH excluding ortho intramolecular Hbond substituents is 1. The van der Waals surface area contributed by atoms with Crippen molar-refractivity contribution in [2.24, 2.45) is 7.05 Å². The van der Waals surface area contributed by atoms with Gasteiger partial charge in [0.2, 0.25) is 0 Å². The number of benzene rings is 2. The lowest BCUT2D eigenvalue weighted by molar-refractivity contribution is 0.305. The molecule has 0 aliphatic heterocycles. The Bertz CT molecular complexity index is 1000. The number of phenols is 1. The second-order valence-corrected chi connectivity index (χ2v) is 6.28. The van der Waals surface area contributed by atoms with Crippen LogP contribution in [-0.2, 0) is 13.7 Å². The molecule has 3 rings (SSSR count). The van der Waals surface area contributed by atoms with Crippen LogP contribution in [0.1, 0.15) is 5.56 Å². The highest BCUT2D eigenvalue weighted by atomic mass is 35.5. The summed E-state index contributed by atoms with van der Waals surface area (Å²) in [5, 5.41) is 17.7. The second kappa shape index (κ2) is 6.95. The maximum Gasteiger partial charge on any atom is 0.368 e. The van der Waals surface area contributed by atoms with Crippen LogP contribution in [0.2, 0.25) is 15.1 Å². The van der Waals surface area contributed by atoms with Gasteiger partial charge in [-0.1, -0.05) is 40.9 Å². The third-order valence-electron chi connectivity index (χ3n) is 3.42. The molecule has 0 atom stereocenters. The zero-order valence-corrected chi connectivity index (χ0v) is 15.0. The molecule has 0 saturated heterocycles. The van der Waals surface area contributed by atoms with Gasteiger partial charge in [0, 0.05) is 29.8 Å². The average molecular weight is 402 g/mol. The Morgan fingerprint density at radius 2 is 1.88 bits per heavy atom. The first kappa shape index (κ1) is 17.6. The predicted octanol–water partition coefficient (Wildman–Crippen LogP) is 3.21. The van der Waals surface area contributed by atoms with Gasteiger partial charge < -0.3 is 9.84 Å². The Morgan fingerprint density at radius 3 is 2.56 bits per heavy atom. The first-order valence-corrected chi connectivity index (χ1v) is 8.09. The number of aromatic hydroxyl groups is 1. The van der Waals surface area contributed by atoms with Crippen LogP contribution in [0.15, 0.2) is 35.1 Å². The molecule has 3 aromatic rings. The molecule has 0 unspecified atom stereocenters. The van der Waals surface area contributed by atoms with Crippen molar-refractivity contribution in [3.8, 4) is 17.2 Å². The fraction of sp³-hybridized carbons (Fsp3) is 0.133. The van der Waals surface area contributed by atoms with E-state index in [0.29, 0.717) is 16.3 Å². The topological polar surface area (TPSA) is 82.2 Å². The summed E-state index contributed by atoms with van der Waals surface area (Å²) >= 11 is 18.2. The Balaban J connectivity index is 1.97. The van der Waals surface area contributed by atoms with Crippen LogP contribution in [0.25, 0.3) is 5.69 Å². The Hall–Kier alpha value is -2.22. The molecule has 0 amide bonds. The Labute approximate surface area is 156 Å². The summed E-state index contributed by atoms with van der Waals surface area (Å²) in [6.45, 7) is -0.00115. The van der Waals surface area contributed by atoms with Crippen LogP contribution >= 0.6 is 34.8 Å². The molecule has 0 bridgehead atoms. The highest BCUT2D eigenvalue weighted by Gasteiger charge is 2.15. The molecule has 7 nitrogen and oxygen atoms in total. The molecule has 0 fully saturated rings. The summed E-state index contributed by atoms with van der Waals surface area (Å²) < 4.78 is 7.89. The van der Waals surface area contributed by atoms with Gasteiger partial charge in [0.1, 0.15) is 18.1 Å². The molecule has 25 heavy (non-hydrogen) atoms. The zero-order valence-electron chi connectivity index (χ0n) is 12.8. The summed E-state index contributed by atoms with van der Waals surface area (Å²) in [7, 11) is 1.49. The normalized spacial score (nSPS) is 10.9. The van der Waals surface area contributed by atoms with Gasteiger partial charge in [0.05, 0.1) is 15.7 Å². The Morgan fingerprint density at radius 1 is 1.12 bits per heavy atom. The fourth-order valence-corrected chi connectivity index (χ4v) is 2.72. The number of aromatic nitrogens is 4. The van der Waals surface area contributed by atoms with Crippen LogP contribution in [0.5, 0.6) is 11.5 Å². The van der Waals surface area contributed by atoms with Gasteiger partial charge >= 0.3 is 5.69 Å². The molecule has 0 aliphatic carbocycles. The first-order valence-electron chi connectivity index (χ1n) is 6.96. The molecule has 1 N–H and O–H groups in total. The zero-order chi connectivity index (χ0) is 18.1. The molecular weight excluding hydrogens is 391 g/mol. The summed E-state index contributed by atoms with van der Waals surface area (Å²) in [6, 6.07) is 7.69. The van der Waals surface area contributed by atoms with Crippen molar-refractivity contribution in [1.29, 1.82) is 0 Å². The first-order chi connectivity index (χ1) is 11.9. The van der Waals surface area contributed by atoms with E-state index in [1.54, 1.807) is 18.2 Å². The smallest absolute Gasteiger partial charge is 0.368 e. The molecule has 1 aromatic heterocycles. The van der Waals surface area contributed by atoms with Crippen molar-refractivity contribution in [3.63, 3.8) is 0 Å². The molecule has 2 aromatic carbocycles. The summed E-state index contributed by atoms with van der Waals surface area (Å²) in [6.07, 6.45) is 0. The molecular formula is C15H11Cl3N4O3. The van der Waals surface area contributed by atoms with E-state index in [9.17, 15) is 9.90 Å². The average Bonchev–Trinajstić information content (AvgIpc) is 2.90. The van der Waals surface area contributed by atoms with Gasteiger partial charge in [0.15, 0.2) is 0 Å². The van der Waals surface area contributed by atoms with Crippen LogP contribution in [-0.4, -0.2) is 24.9 Å². The number of tetrazole rings is 1. The molecule has 0 spiro atoms. The largest absolute Gasteiger partial charge is 0.506 e. The van der Waals surface area contributed by atoms with E-state index in [1.807, 2.05) is 0 Å². The minimum atomic E-state index is -0.422. The third-order valence-corrected chi connectivity index (χ3v) is 4.37. The molecule has 0 saturated carbocycles. The van der Waals surface area contributed by atoms with Gasteiger partial charge in [-0.25, -0.2) is 4.79 Å². The number of ether oxygens (including phenoxy) is 1. The lowest BCUT2D eigenvalue weighted by Crippen LogP contribution is -2.23. The summed E-state index contributed by atoms with van der Waals surface area (Å²) in [5.41, 5.74) is 0.535. The summed E-state index contributed by atoms with van der Waals surface area (Å²) in [5.74, 6) is 0.116. The van der Waals surface area contributed by atoms with Gasteiger partial charge in [-0.05, 0) is 22.6 Å². The van der Waals surface area contributed by atoms with Crippen molar-refractivity contribution in [2.45, 2.75) is 6.61 Å². The van der Waals surface area contributed by atoms with E-state index in [4.69, 9.17) is 39.5 Å². The number of hydrogen-bond donors (Lipinski definition) is 1. The van der Waals surface area contributed by atoms with Crippen molar-refractivity contribution in [1.82, 2.24) is 19.8 Å². The van der Waals surface area contributed by atoms with E-state index < -0.39 is 5.69 Å². The number of halogens is 3. The van der Waals surface area contributed by atoms with Crippen molar-refractivity contribution >= 4 is 34.8 Å². The van der Waals surface area contributed by atoms with E-state index in [0.717, 1.165) is 9.36 Å². The van der Waals surface area contributed by atoms with E-state index in [2.05, 4.69) is 10.4 Å². The van der Waals surface area contributed by atoms with Crippen molar-refractivity contribution in [2.75, 3.05) is 0 Å². The molecule has 10 heteroatoms. The Kier molecular flexibility index (Phi) is 4.89. The maximum absolute atomic E-state index is 12.1. The monoisotopic (exact) mass is 400 g/mol. The molecule has 1 heterocycles. The molecule has 130 valence electrons. The van der Waals surface area contributed by atoms with Crippen molar-refractivity contribution in [3.05, 3.63) is 61.4 Å². The quantitative estimate of drug-likeness (QED) is 0.726. The maximum atomic E-state index is 12.1. The van der Waals surface area contributed by atoms with E-state index in [-0.39, 0.29) is 28.2 Å². The predicted molar refractivity (Wildman–Crippen MR) is 94.1 cm³/mol. The number of hydrogen-bond acceptors (Lipinski definition) is 5. The highest BCUT2D eigenvalue weighted by molar-refractivity contribution is 6.35. The fourth-order valence-electron chi connectivity index (χ4n) is 2.13. The van der Waals surface area contributed by atoms with Crippen LogP contribution < -0.4 is 10.4 Å². The molecule has 0 radical (unpaired) electrons. The standard InChI is InChI=1S/C15H11Cl3N4O3/c1-21-15(24)22(20-19-21)12-4-2-3-9(16)8(12)7-25-14-6-10(17)13(23)5-11(14)18/h2-6,23H,7H2,1H3. The van der Waals surface area contributed by atoms with Crippen molar-refractivity contribution < 1.29 is 9.84 Å². The summed E-state index contributed by atoms with van der Waals surface area (Å²) in [4.78, 5) is 12.1. The SMILES string of the molecule is Cn1nnn(-c2cccc(Cl)c2COc2cc(Cl)c(O)cc2Cl)c1=O. The number of rotatable bonds is 4. The van der Waals surface area contributed by atoms with Gasteiger partial charge in [-0.15, -0.1) is 0 Å². The molecule has 0 aliphatic rings. The minimum Gasteiger partial charge on any atom is -0.506 e. The van der Waals surface area contributed by atoms with Crippen LogP contribution in [0, 0.1) is 0 Å². The lowest BCUT2D eigenvalue weighted by atomic mass is 10.2. The van der Waals surface area contributed by atoms with Crippen LogP contribution in [0.4, 0.5) is 0 Å². The number of aryl methyl sites for hydroxylation is 1.